The summed E-state index contributed by atoms with van der Waals surface area (Å²) in [4.78, 5) is 7.15. The number of hydrogen-bond donors (Lipinski definition) is 0. The van der Waals surface area contributed by atoms with Crippen LogP contribution in [0, 0.1) is 23.7 Å². The third kappa shape index (κ3) is 8.48. The predicted octanol–water partition coefficient (Wildman–Crippen LogP) is 8.79. The molecule has 0 aliphatic rings. The van der Waals surface area contributed by atoms with Gasteiger partial charge in [0, 0.05) is 65.6 Å². The smallest absolute Gasteiger partial charge is 0.113 e. The van der Waals surface area contributed by atoms with Gasteiger partial charge in [0.2, 0.25) is 0 Å². The molecular weight excluding hydrogens is 486 g/mol. The molecule has 2 aromatic carbocycles. The molecule has 1 atom stereocenters. The van der Waals surface area contributed by atoms with Gasteiger partial charge in [0.1, 0.15) is 5.69 Å². The number of halogens is 1. The van der Waals surface area contributed by atoms with Gasteiger partial charge >= 0.3 is 0 Å². The summed E-state index contributed by atoms with van der Waals surface area (Å²) in [7, 11) is 0. The molecule has 38 heavy (non-hydrogen) atoms. The van der Waals surface area contributed by atoms with Gasteiger partial charge in [-0.25, -0.2) is 4.98 Å². The largest absolute Gasteiger partial charge is 0.346 e. The monoisotopic (exact) mass is 527 g/mol. The second kappa shape index (κ2) is 14.8. The van der Waals surface area contributed by atoms with Crippen LogP contribution < -0.4 is 0 Å². The predicted molar refractivity (Wildman–Crippen MR) is 165 cm³/mol. The van der Waals surface area contributed by atoms with Crippen LogP contribution >= 0.6 is 11.6 Å². The SMILES string of the molecule is CC.CCC(C)CN(CCn1ccc2cc(C#Cc3ccc(-c4ccc(Cl)cc4)cn3)ccc21)CC(C)C. The fourth-order valence-electron chi connectivity index (χ4n) is 4.48. The van der Waals surface area contributed by atoms with Crippen LogP contribution in [-0.2, 0) is 6.54 Å². The van der Waals surface area contributed by atoms with Crippen molar-refractivity contribution < 1.29 is 0 Å². The van der Waals surface area contributed by atoms with E-state index in [0.717, 1.165) is 53.0 Å². The zero-order valence-electron chi connectivity index (χ0n) is 23.8. The molecule has 0 spiro atoms. The molecule has 0 saturated carbocycles. The van der Waals surface area contributed by atoms with Crippen molar-refractivity contribution in [2.24, 2.45) is 11.8 Å². The molecule has 2 aromatic heterocycles. The fraction of sp³-hybridized carbons (Fsp3) is 0.382. The highest BCUT2D eigenvalue weighted by Crippen LogP contribution is 2.21. The number of hydrogen-bond acceptors (Lipinski definition) is 2. The van der Waals surface area contributed by atoms with Gasteiger partial charge in [-0.2, -0.15) is 0 Å². The summed E-state index contributed by atoms with van der Waals surface area (Å²) >= 11 is 5.99. The first-order valence-electron chi connectivity index (χ1n) is 14.0. The molecule has 0 aliphatic heterocycles. The minimum atomic E-state index is 0.680. The van der Waals surface area contributed by atoms with Crippen LogP contribution in [0.15, 0.2) is 73.1 Å². The standard InChI is InChI=1S/C32H36ClN3.C2H6/c1-5-25(4)23-35(22-24(2)3)18-19-36-17-16-28-20-26(7-15-32(28)36)6-13-31-14-10-29(21-34-31)27-8-11-30(33)12-9-27;1-2/h7-12,14-17,20-21,24-25H,5,18-19,22-23H2,1-4H3;1-2H3. The van der Waals surface area contributed by atoms with Gasteiger partial charge < -0.3 is 9.47 Å². The molecule has 4 rings (SSSR count). The molecule has 1 unspecified atom stereocenters. The van der Waals surface area contributed by atoms with Crippen molar-refractivity contribution in [1.82, 2.24) is 14.5 Å². The van der Waals surface area contributed by atoms with Gasteiger partial charge in [0.05, 0.1) is 0 Å². The zero-order chi connectivity index (χ0) is 27.5. The van der Waals surface area contributed by atoms with Crippen molar-refractivity contribution in [2.75, 3.05) is 19.6 Å². The van der Waals surface area contributed by atoms with E-state index in [2.05, 4.69) is 84.4 Å². The zero-order valence-corrected chi connectivity index (χ0v) is 24.6. The molecule has 0 fully saturated rings. The molecular formula is C34H42ClN3. The Morgan fingerprint density at radius 3 is 2.29 bits per heavy atom. The summed E-state index contributed by atoms with van der Waals surface area (Å²) in [5, 5.41) is 1.96. The second-order valence-electron chi connectivity index (χ2n) is 10.1. The van der Waals surface area contributed by atoms with Gasteiger partial charge in [0.25, 0.3) is 0 Å². The lowest BCUT2D eigenvalue weighted by atomic mass is 10.1. The average molecular weight is 528 g/mol. The van der Waals surface area contributed by atoms with Crippen molar-refractivity contribution in [1.29, 1.82) is 0 Å². The van der Waals surface area contributed by atoms with E-state index in [0.29, 0.717) is 5.92 Å². The molecule has 0 amide bonds. The number of pyridine rings is 1. The molecule has 2 heterocycles. The van der Waals surface area contributed by atoms with Crippen LogP contribution in [0.5, 0.6) is 0 Å². The Morgan fingerprint density at radius 1 is 0.895 bits per heavy atom. The summed E-state index contributed by atoms with van der Waals surface area (Å²) in [6, 6.07) is 20.5. The van der Waals surface area contributed by atoms with Crippen LogP contribution in [-0.4, -0.2) is 34.1 Å². The Hall–Kier alpha value is -3.06. The summed E-state index contributed by atoms with van der Waals surface area (Å²) in [6.45, 7) is 17.6. The number of aromatic nitrogens is 2. The minimum Gasteiger partial charge on any atom is -0.346 e. The Morgan fingerprint density at radius 2 is 1.63 bits per heavy atom. The highest BCUT2D eigenvalue weighted by atomic mass is 35.5. The van der Waals surface area contributed by atoms with Crippen molar-refractivity contribution in [2.45, 2.75) is 54.5 Å². The van der Waals surface area contributed by atoms with Crippen LogP contribution in [0.1, 0.15) is 59.2 Å². The first kappa shape index (κ1) is 29.5. The third-order valence-electron chi connectivity index (χ3n) is 6.59. The Balaban J connectivity index is 0.00000195. The van der Waals surface area contributed by atoms with Gasteiger partial charge in [0.15, 0.2) is 0 Å². The van der Waals surface area contributed by atoms with Crippen molar-refractivity contribution in [3.8, 4) is 23.0 Å². The first-order chi connectivity index (χ1) is 18.4. The van der Waals surface area contributed by atoms with Crippen molar-refractivity contribution >= 4 is 22.5 Å². The van der Waals surface area contributed by atoms with Crippen LogP contribution in [0.25, 0.3) is 22.0 Å². The Bertz CT molecular complexity index is 1320. The first-order valence-corrected chi connectivity index (χ1v) is 14.3. The lowest BCUT2D eigenvalue weighted by Crippen LogP contribution is -2.34. The van der Waals surface area contributed by atoms with E-state index in [1.807, 2.05) is 56.4 Å². The van der Waals surface area contributed by atoms with E-state index in [1.165, 1.54) is 23.9 Å². The average Bonchev–Trinajstić information content (AvgIpc) is 3.34. The van der Waals surface area contributed by atoms with E-state index < -0.39 is 0 Å². The van der Waals surface area contributed by atoms with E-state index >= 15 is 0 Å². The summed E-state index contributed by atoms with van der Waals surface area (Å²) in [5.41, 5.74) is 5.17. The summed E-state index contributed by atoms with van der Waals surface area (Å²) in [6.07, 6.45) is 5.29. The number of fused-ring (bicyclic) bond motifs is 1. The molecule has 200 valence electrons. The summed E-state index contributed by atoms with van der Waals surface area (Å²) in [5.74, 6) is 7.90. The van der Waals surface area contributed by atoms with Crippen molar-refractivity contribution in [3.05, 3.63) is 89.3 Å². The lowest BCUT2D eigenvalue weighted by Gasteiger charge is -2.27. The maximum Gasteiger partial charge on any atom is 0.113 e. The topological polar surface area (TPSA) is 21.1 Å². The molecule has 0 saturated heterocycles. The van der Waals surface area contributed by atoms with Crippen LogP contribution in [0.3, 0.4) is 0 Å². The van der Waals surface area contributed by atoms with E-state index in [1.54, 1.807) is 0 Å². The maximum absolute atomic E-state index is 5.99. The Kier molecular flexibility index (Phi) is 11.5. The van der Waals surface area contributed by atoms with E-state index in [9.17, 15) is 0 Å². The molecule has 4 heteroatoms. The van der Waals surface area contributed by atoms with Gasteiger partial charge in [-0.3, -0.25) is 0 Å². The molecule has 4 aromatic rings. The van der Waals surface area contributed by atoms with Crippen LogP contribution in [0.2, 0.25) is 5.02 Å². The Labute approximate surface area is 234 Å². The van der Waals surface area contributed by atoms with Gasteiger partial charge in [-0.15, -0.1) is 0 Å². The van der Waals surface area contributed by atoms with Crippen LogP contribution in [0.4, 0.5) is 0 Å². The molecule has 0 aliphatic carbocycles. The molecule has 3 nitrogen and oxygen atoms in total. The third-order valence-corrected chi connectivity index (χ3v) is 6.85. The molecule has 0 N–H and O–H groups in total. The normalized spacial score (nSPS) is 11.7. The summed E-state index contributed by atoms with van der Waals surface area (Å²) < 4.78 is 2.37. The highest BCUT2D eigenvalue weighted by Gasteiger charge is 2.12. The quantitative estimate of drug-likeness (QED) is 0.203. The van der Waals surface area contributed by atoms with E-state index in [4.69, 9.17) is 11.6 Å². The minimum absolute atomic E-state index is 0.680. The number of nitrogens with zero attached hydrogens (tertiary/aromatic N) is 3. The molecule has 0 radical (unpaired) electrons. The van der Waals surface area contributed by atoms with Gasteiger partial charge in [-0.05, 0) is 65.8 Å². The maximum atomic E-state index is 5.99. The molecule has 0 bridgehead atoms. The fourth-order valence-corrected chi connectivity index (χ4v) is 4.61. The highest BCUT2D eigenvalue weighted by molar-refractivity contribution is 6.30. The number of benzene rings is 2. The second-order valence-corrected chi connectivity index (χ2v) is 10.6. The number of rotatable bonds is 9. The lowest BCUT2D eigenvalue weighted by molar-refractivity contribution is 0.205. The van der Waals surface area contributed by atoms with Gasteiger partial charge in [-0.1, -0.05) is 83.7 Å². The van der Waals surface area contributed by atoms with Crippen molar-refractivity contribution in [3.63, 3.8) is 0 Å². The van der Waals surface area contributed by atoms with E-state index in [-0.39, 0.29) is 0 Å².